The Hall–Kier alpha value is -0.500. The Labute approximate surface area is 87.7 Å². The molecule has 1 unspecified atom stereocenters. The molecule has 1 heterocycles. The zero-order valence-electron chi connectivity index (χ0n) is 9.89. The van der Waals surface area contributed by atoms with E-state index in [-0.39, 0.29) is 0 Å². The lowest BCUT2D eigenvalue weighted by Gasteiger charge is -2.29. The Kier molecular flexibility index (Phi) is 3.99. The van der Waals surface area contributed by atoms with Gasteiger partial charge in [0.05, 0.1) is 12.9 Å². The predicted molar refractivity (Wildman–Crippen MR) is 60.2 cm³/mol. The SMILES string of the molecule is CNC(CC(C)(C)C)C1=COCCC1. The number of hydrogen-bond acceptors (Lipinski definition) is 2. The van der Waals surface area contributed by atoms with Gasteiger partial charge in [0.15, 0.2) is 0 Å². The minimum absolute atomic E-state index is 0.367. The second kappa shape index (κ2) is 4.83. The molecule has 1 atom stereocenters. The van der Waals surface area contributed by atoms with Gasteiger partial charge < -0.3 is 10.1 Å². The van der Waals surface area contributed by atoms with Crippen LogP contribution in [0.3, 0.4) is 0 Å². The van der Waals surface area contributed by atoms with Gasteiger partial charge in [-0.15, -0.1) is 0 Å². The van der Waals surface area contributed by atoms with Crippen LogP contribution in [-0.4, -0.2) is 19.7 Å². The highest BCUT2D eigenvalue weighted by molar-refractivity contribution is 5.10. The molecular formula is C12H23NO. The van der Waals surface area contributed by atoms with E-state index in [0.717, 1.165) is 13.0 Å². The van der Waals surface area contributed by atoms with E-state index in [9.17, 15) is 0 Å². The number of nitrogens with one attached hydrogen (secondary N) is 1. The fourth-order valence-electron chi connectivity index (χ4n) is 1.87. The molecule has 2 heteroatoms. The summed E-state index contributed by atoms with van der Waals surface area (Å²) < 4.78 is 5.38. The largest absolute Gasteiger partial charge is 0.501 e. The van der Waals surface area contributed by atoms with E-state index in [0.29, 0.717) is 11.5 Å². The third kappa shape index (κ3) is 3.70. The molecule has 0 aromatic heterocycles. The number of likely N-dealkylation sites (N-methyl/N-ethyl adjacent to an activating group) is 1. The first kappa shape index (κ1) is 11.6. The lowest BCUT2D eigenvalue weighted by Crippen LogP contribution is -2.32. The van der Waals surface area contributed by atoms with Crippen LogP contribution in [0.15, 0.2) is 11.8 Å². The van der Waals surface area contributed by atoms with Gasteiger partial charge in [-0.2, -0.15) is 0 Å². The molecule has 1 N–H and O–H groups in total. The quantitative estimate of drug-likeness (QED) is 0.751. The summed E-state index contributed by atoms with van der Waals surface area (Å²) in [6.07, 6.45) is 5.46. The first-order valence-electron chi connectivity index (χ1n) is 5.51. The molecule has 0 saturated carbocycles. The molecule has 0 aliphatic carbocycles. The summed E-state index contributed by atoms with van der Waals surface area (Å²) in [6, 6.07) is 0.482. The molecule has 1 aliphatic heterocycles. The van der Waals surface area contributed by atoms with Gasteiger partial charge in [0.2, 0.25) is 0 Å². The van der Waals surface area contributed by atoms with Gasteiger partial charge in [0.1, 0.15) is 0 Å². The average molecular weight is 197 g/mol. The zero-order valence-corrected chi connectivity index (χ0v) is 9.89. The Morgan fingerprint density at radius 3 is 2.64 bits per heavy atom. The molecule has 0 spiro atoms. The molecule has 1 aliphatic rings. The van der Waals surface area contributed by atoms with Crippen molar-refractivity contribution in [3.05, 3.63) is 11.8 Å². The van der Waals surface area contributed by atoms with Crippen molar-refractivity contribution < 1.29 is 4.74 Å². The van der Waals surface area contributed by atoms with Gasteiger partial charge in [-0.25, -0.2) is 0 Å². The van der Waals surface area contributed by atoms with Crippen LogP contribution in [0.1, 0.15) is 40.0 Å². The van der Waals surface area contributed by atoms with Crippen molar-refractivity contribution in [1.29, 1.82) is 0 Å². The third-order valence-corrected chi connectivity index (χ3v) is 2.57. The summed E-state index contributed by atoms with van der Waals surface area (Å²) in [5.41, 5.74) is 1.79. The zero-order chi connectivity index (χ0) is 10.6. The van der Waals surface area contributed by atoms with Gasteiger partial charge in [0.25, 0.3) is 0 Å². The van der Waals surface area contributed by atoms with Gasteiger partial charge in [-0.3, -0.25) is 0 Å². The standard InChI is InChI=1S/C12H23NO/c1-12(2,3)8-11(13-4)10-6-5-7-14-9-10/h9,11,13H,5-8H2,1-4H3. The van der Waals surface area contributed by atoms with E-state index in [1.165, 1.54) is 18.4 Å². The van der Waals surface area contributed by atoms with Crippen LogP contribution in [0.2, 0.25) is 0 Å². The second-order valence-corrected chi connectivity index (χ2v) is 5.27. The minimum atomic E-state index is 0.367. The summed E-state index contributed by atoms with van der Waals surface area (Å²) in [5, 5.41) is 3.38. The first-order chi connectivity index (χ1) is 6.53. The van der Waals surface area contributed by atoms with E-state index in [1.807, 2.05) is 13.3 Å². The maximum Gasteiger partial charge on any atom is 0.0876 e. The van der Waals surface area contributed by atoms with Crippen molar-refractivity contribution in [1.82, 2.24) is 5.32 Å². The topological polar surface area (TPSA) is 21.3 Å². The van der Waals surface area contributed by atoms with Crippen molar-refractivity contribution in [3.8, 4) is 0 Å². The summed E-state index contributed by atoms with van der Waals surface area (Å²) in [4.78, 5) is 0. The number of hydrogen-bond donors (Lipinski definition) is 1. The molecule has 0 radical (unpaired) electrons. The molecule has 0 saturated heterocycles. The fraction of sp³-hybridized carbons (Fsp3) is 0.833. The van der Waals surface area contributed by atoms with Crippen LogP contribution in [0.4, 0.5) is 0 Å². The second-order valence-electron chi connectivity index (χ2n) is 5.27. The monoisotopic (exact) mass is 197 g/mol. The molecule has 0 aromatic rings. The van der Waals surface area contributed by atoms with E-state index >= 15 is 0 Å². The molecule has 14 heavy (non-hydrogen) atoms. The number of rotatable bonds is 3. The number of ether oxygens (including phenoxy) is 1. The minimum Gasteiger partial charge on any atom is -0.501 e. The van der Waals surface area contributed by atoms with E-state index in [2.05, 4.69) is 26.1 Å². The van der Waals surface area contributed by atoms with Crippen molar-refractivity contribution in [2.24, 2.45) is 5.41 Å². The van der Waals surface area contributed by atoms with Gasteiger partial charge in [-0.1, -0.05) is 20.8 Å². The van der Waals surface area contributed by atoms with Gasteiger partial charge >= 0.3 is 0 Å². The molecule has 1 rings (SSSR count). The highest BCUT2D eigenvalue weighted by Gasteiger charge is 2.21. The van der Waals surface area contributed by atoms with Gasteiger partial charge in [-0.05, 0) is 37.3 Å². The highest BCUT2D eigenvalue weighted by atomic mass is 16.5. The maximum atomic E-state index is 5.38. The van der Waals surface area contributed by atoms with E-state index < -0.39 is 0 Å². The molecule has 0 bridgehead atoms. The molecule has 0 fully saturated rings. The maximum absolute atomic E-state index is 5.38. The van der Waals surface area contributed by atoms with Crippen molar-refractivity contribution in [3.63, 3.8) is 0 Å². The highest BCUT2D eigenvalue weighted by Crippen LogP contribution is 2.26. The van der Waals surface area contributed by atoms with Crippen molar-refractivity contribution in [2.45, 2.75) is 46.1 Å². The van der Waals surface area contributed by atoms with Crippen LogP contribution in [0.25, 0.3) is 0 Å². The summed E-state index contributed by atoms with van der Waals surface area (Å²) in [5.74, 6) is 0. The predicted octanol–water partition coefficient (Wildman–Crippen LogP) is 2.70. The lowest BCUT2D eigenvalue weighted by atomic mass is 9.84. The molecule has 2 nitrogen and oxygen atoms in total. The molecule has 0 aromatic carbocycles. The smallest absolute Gasteiger partial charge is 0.0876 e. The molecule has 82 valence electrons. The van der Waals surface area contributed by atoms with Crippen LogP contribution in [0.5, 0.6) is 0 Å². The van der Waals surface area contributed by atoms with Crippen LogP contribution < -0.4 is 5.32 Å². The van der Waals surface area contributed by atoms with Crippen LogP contribution in [-0.2, 0) is 4.74 Å². The van der Waals surface area contributed by atoms with Crippen LogP contribution in [0, 0.1) is 5.41 Å². The Balaban J connectivity index is 2.57. The molecular weight excluding hydrogens is 174 g/mol. The summed E-state index contributed by atoms with van der Waals surface area (Å²) in [7, 11) is 2.03. The van der Waals surface area contributed by atoms with Crippen molar-refractivity contribution >= 4 is 0 Å². The first-order valence-corrected chi connectivity index (χ1v) is 5.51. The lowest BCUT2D eigenvalue weighted by molar-refractivity contribution is 0.214. The summed E-state index contributed by atoms with van der Waals surface area (Å²) in [6.45, 7) is 7.72. The Morgan fingerprint density at radius 1 is 1.50 bits per heavy atom. The van der Waals surface area contributed by atoms with Crippen molar-refractivity contribution in [2.75, 3.05) is 13.7 Å². The Bertz CT molecular complexity index is 203. The average Bonchev–Trinajstić information content (AvgIpc) is 2.14. The normalized spacial score (nSPS) is 19.9. The van der Waals surface area contributed by atoms with E-state index in [1.54, 1.807) is 0 Å². The fourth-order valence-corrected chi connectivity index (χ4v) is 1.87. The third-order valence-electron chi connectivity index (χ3n) is 2.57. The van der Waals surface area contributed by atoms with E-state index in [4.69, 9.17) is 4.74 Å². The molecule has 0 amide bonds. The Morgan fingerprint density at radius 2 is 2.21 bits per heavy atom. The van der Waals surface area contributed by atoms with Crippen LogP contribution >= 0.6 is 0 Å². The summed E-state index contributed by atoms with van der Waals surface area (Å²) >= 11 is 0. The van der Waals surface area contributed by atoms with Gasteiger partial charge in [0, 0.05) is 6.04 Å².